The van der Waals surface area contributed by atoms with Crippen molar-refractivity contribution in [3.63, 3.8) is 0 Å². The summed E-state index contributed by atoms with van der Waals surface area (Å²) in [6.07, 6.45) is 0. The Balaban J connectivity index is 3.42. The predicted molar refractivity (Wildman–Crippen MR) is 52.8 cm³/mol. The van der Waals surface area contributed by atoms with Gasteiger partial charge in [0.2, 0.25) is 10.0 Å². The lowest BCUT2D eigenvalue weighted by atomic mass is 10.1. The monoisotopic (exact) mass is 233 g/mol. The molecule has 0 unspecified atom stereocenters. The Hall–Kier alpha value is -0.910. The van der Waals surface area contributed by atoms with Crippen LogP contribution in [0.25, 0.3) is 0 Å². The lowest BCUT2D eigenvalue weighted by molar-refractivity contribution is 0.101. The van der Waals surface area contributed by atoms with Gasteiger partial charge in [0.1, 0.15) is 0 Å². The molecule has 0 saturated heterocycles. The molecule has 0 aliphatic heterocycles. The van der Waals surface area contributed by atoms with Crippen LogP contribution in [0, 0.1) is 0 Å². The first kappa shape index (κ1) is 11.2. The molecule has 1 rings (SSSR count). The van der Waals surface area contributed by atoms with Crippen LogP contribution < -0.4 is 5.14 Å². The van der Waals surface area contributed by atoms with Crippen LogP contribution in [-0.4, -0.2) is 14.2 Å². The number of hydrogen-bond donors (Lipinski definition) is 1. The molecule has 0 atom stereocenters. The van der Waals surface area contributed by atoms with E-state index in [1.807, 2.05) is 0 Å². The van der Waals surface area contributed by atoms with Crippen LogP contribution >= 0.6 is 11.6 Å². The maximum atomic E-state index is 11.0. The third-order valence-electron chi connectivity index (χ3n) is 1.65. The summed E-state index contributed by atoms with van der Waals surface area (Å²) in [5.74, 6) is -0.305. The lowest BCUT2D eigenvalue weighted by Gasteiger charge is -2.02. The number of rotatable bonds is 2. The highest BCUT2D eigenvalue weighted by Gasteiger charge is 2.12. The first-order valence-corrected chi connectivity index (χ1v) is 5.58. The minimum Gasteiger partial charge on any atom is -0.294 e. The van der Waals surface area contributed by atoms with Crippen molar-refractivity contribution >= 4 is 27.4 Å². The Morgan fingerprint density at radius 2 is 2.00 bits per heavy atom. The summed E-state index contributed by atoms with van der Waals surface area (Å²) in [7, 11) is -3.79. The molecule has 0 heterocycles. The van der Waals surface area contributed by atoms with Gasteiger partial charge in [0, 0.05) is 5.56 Å². The molecule has 6 heteroatoms. The Labute approximate surface area is 86.7 Å². The molecule has 1 aromatic carbocycles. The summed E-state index contributed by atoms with van der Waals surface area (Å²) in [4.78, 5) is 10.9. The molecule has 0 aliphatic rings. The molecule has 4 nitrogen and oxygen atoms in total. The van der Waals surface area contributed by atoms with E-state index < -0.39 is 10.0 Å². The molecular formula is C8H8ClNO3S. The molecule has 0 radical (unpaired) electrons. The third-order valence-corrected chi connectivity index (χ3v) is 2.89. The van der Waals surface area contributed by atoms with Gasteiger partial charge in [-0.3, -0.25) is 4.79 Å². The van der Waals surface area contributed by atoms with Crippen molar-refractivity contribution in [1.29, 1.82) is 0 Å². The van der Waals surface area contributed by atoms with Gasteiger partial charge in [-0.15, -0.1) is 0 Å². The fourth-order valence-electron chi connectivity index (χ4n) is 0.951. The second kappa shape index (κ2) is 3.68. The minimum absolute atomic E-state index is 0.118. The zero-order chi connectivity index (χ0) is 10.9. The molecule has 2 N–H and O–H groups in total. The van der Waals surface area contributed by atoms with Crippen LogP contribution in [0.1, 0.15) is 17.3 Å². The average Bonchev–Trinajstić information content (AvgIpc) is 2.02. The van der Waals surface area contributed by atoms with Crippen molar-refractivity contribution in [1.82, 2.24) is 0 Å². The first-order chi connectivity index (χ1) is 6.32. The molecule has 0 spiro atoms. The summed E-state index contributed by atoms with van der Waals surface area (Å²) in [5.41, 5.74) is 0.151. The quantitative estimate of drug-likeness (QED) is 0.780. The van der Waals surface area contributed by atoms with E-state index in [0.29, 0.717) is 0 Å². The van der Waals surface area contributed by atoms with Crippen LogP contribution in [0.2, 0.25) is 5.02 Å². The first-order valence-electron chi connectivity index (χ1n) is 3.65. The summed E-state index contributed by atoms with van der Waals surface area (Å²) in [5, 5.41) is 5.11. The average molecular weight is 234 g/mol. The molecular weight excluding hydrogens is 226 g/mol. The van der Waals surface area contributed by atoms with Gasteiger partial charge in [0.25, 0.3) is 0 Å². The van der Waals surface area contributed by atoms with E-state index in [1.54, 1.807) is 0 Å². The number of primary sulfonamides is 1. The largest absolute Gasteiger partial charge is 0.294 e. The number of ketones is 1. The maximum absolute atomic E-state index is 11.0. The summed E-state index contributed by atoms with van der Waals surface area (Å²) in [6.45, 7) is 1.30. The standard InChI is InChI=1S/C8H8ClNO3S/c1-5(11)7-4-6(14(10,12)13)2-3-8(7)9/h2-4H,1H3,(H2,10,12,13). The highest BCUT2D eigenvalue weighted by molar-refractivity contribution is 7.89. The van der Waals surface area contributed by atoms with E-state index >= 15 is 0 Å². The topological polar surface area (TPSA) is 77.2 Å². The van der Waals surface area contributed by atoms with Crippen molar-refractivity contribution < 1.29 is 13.2 Å². The molecule has 0 saturated carbocycles. The van der Waals surface area contributed by atoms with Gasteiger partial charge >= 0.3 is 0 Å². The fourth-order valence-corrected chi connectivity index (χ4v) is 1.74. The maximum Gasteiger partial charge on any atom is 0.238 e. The fraction of sp³-hybridized carbons (Fsp3) is 0.125. The second-order valence-electron chi connectivity index (χ2n) is 2.74. The molecule has 76 valence electrons. The molecule has 14 heavy (non-hydrogen) atoms. The van der Waals surface area contributed by atoms with Crippen molar-refractivity contribution in [2.45, 2.75) is 11.8 Å². The van der Waals surface area contributed by atoms with Gasteiger partial charge in [-0.25, -0.2) is 13.6 Å². The Morgan fingerprint density at radius 3 is 2.43 bits per heavy atom. The third kappa shape index (κ3) is 2.31. The Kier molecular flexibility index (Phi) is 2.94. The van der Waals surface area contributed by atoms with Gasteiger partial charge in [0.15, 0.2) is 5.78 Å². The van der Waals surface area contributed by atoms with Crippen LogP contribution in [0.15, 0.2) is 23.1 Å². The molecule has 0 fully saturated rings. The zero-order valence-electron chi connectivity index (χ0n) is 7.32. The van der Waals surface area contributed by atoms with Gasteiger partial charge in [-0.2, -0.15) is 0 Å². The van der Waals surface area contributed by atoms with Crippen LogP contribution in [0.3, 0.4) is 0 Å². The van der Waals surface area contributed by atoms with E-state index in [-0.39, 0.29) is 21.3 Å². The minimum atomic E-state index is -3.79. The Bertz CT molecular complexity index is 481. The summed E-state index contributed by atoms with van der Waals surface area (Å²) in [6, 6.07) is 3.75. The summed E-state index contributed by atoms with van der Waals surface area (Å²) >= 11 is 5.68. The highest BCUT2D eigenvalue weighted by atomic mass is 35.5. The number of halogens is 1. The number of carbonyl (C=O) groups is 1. The van der Waals surface area contributed by atoms with Crippen molar-refractivity contribution in [3.8, 4) is 0 Å². The Morgan fingerprint density at radius 1 is 1.43 bits per heavy atom. The smallest absolute Gasteiger partial charge is 0.238 e. The number of nitrogens with two attached hydrogens (primary N) is 1. The van der Waals surface area contributed by atoms with Crippen LogP contribution in [0.5, 0.6) is 0 Å². The van der Waals surface area contributed by atoms with Gasteiger partial charge in [-0.1, -0.05) is 11.6 Å². The van der Waals surface area contributed by atoms with E-state index in [9.17, 15) is 13.2 Å². The molecule has 0 aromatic heterocycles. The van der Waals surface area contributed by atoms with Gasteiger partial charge in [0.05, 0.1) is 9.92 Å². The van der Waals surface area contributed by atoms with E-state index in [0.717, 1.165) is 0 Å². The van der Waals surface area contributed by atoms with E-state index in [4.69, 9.17) is 16.7 Å². The predicted octanol–water partition coefficient (Wildman–Crippen LogP) is 1.19. The molecule has 0 amide bonds. The highest BCUT2D eigenvalue weighted by Crippen LogP contribution is 2.19. The van der Waals surface area contributed by atoms with Crippen molar-refractivity contribution in [3.05, 3.63) is 28.8 Å². The number of hydrogen-bond acceptors (Lipinski definition) is 3. The SMILES string of the molecule is CC(=O)c1cc(S(N)(=O)=O)ccc1Cl. The second-order valence-corrected chi connectivity index (χ2v) is 4.71. The zero-order valence-corrected chi connectivity index (χ0v) is 8.89. The molecule has 0 bridgehead atoms. The van der Waals surface area contributed by atoms with E-state index in [2.05, 4.69) is 0 Å². The number of carbonyl (C=O) groups excluding carboxylic acids is 1. The van der Waals surface area contributed by atoms with Gasteiger partial charge < -0.3 is 0 Å². The lowest BCUT2D eigenvalue weighted by Crippen LogP contribution is -2.12. The van der Waals surface area contributed by atoms with E-state index in [1.165, 1.54) is 25.1 Å². The van der Waals surface area contributed by atoms with Crippen LogP contribution in [0.4, 0.5) is 0 Å². The van der Waals surface area contributed by atoms with Crippen molar-refractivity contribution in [2.24, 2.45) is 5.14 Å². The molecule has 0 aliphatic carbocycles. The normalized spacial score (nSPS) is 11.4. The van der Waals surface area contributed by atoms with Gasteiger partial charge in [-0.05, 0) is 25.1 Å². The van der Waals surface area contributed by atoms with Crippen LogP contribution in [-0.2, 0) is 10.0 Å². The van der Waals surface area contributed by atoms with Crippen molar-refractivity contribution in [2.75, 3.05) is 0 Å². The number of sulfonamides is 1. The molecule has 1 aromatic rings. The number of benzene rings is 1. The number of Topliss-reactive ketones (excluding diaryl/α,β-unsaturated/α-hetero) is 1. The summed E-state index contributed by atoms with van der Waals surface area (Å²) < 4.78 is 21.9.